The van der Waals surface area contributed by atoms with Crippen LogP contribution < -0.4 is 21.5 Å². The highest BCUT2D eigenvalue weighted by atomic mass is 35.5. The highest BCUT2D eigenvalue weighted by Crippen LogP contribution is 2.37. The molecule has 1 atom stereocenters. The van der Waals surface area contributed by atoms with Crippen molar-refractivity contribution in [2.24, 2.45) is 7.05 Å². The number of para-hydroxylation sites is 1. The average Bonchev–Trinajstić information content (AvgIpc) is 3.38. The van der Waals surface area contributed by atoms with E-state index in [0.29, 0.717) is 27.5 Å². The smallest absolute Gasteiger partial charge is 0.295 e. The minimum atomic E-state index is -0.742. The van der Waals surface area contributed by atoms with Crippen molar-refractivity contribution in [3.8, 4) is 5.69 Å². The van der Waals surface area contributed by atoms with Crippen molar-refractivity contribution in [3.05, 3.63) is 183 Å². The van der Waals surface area contributed by atoms with Crippen molar-refractivity contribution in [2.45, 2.75) is 17.1 Å². The SMILES string of the molecule is Cc1c(NC(=O)C(Sc2ccc(NC(=O)/C(=C/c3c(F)cccc3Cl)NC(=O)c3ccccc3)cc2)c2ccccc2)c(=O)n(-c2ccccc2)n1C. The third kappa shape index (κ3) is 8.49. The molecule has 0 saturated carbocycles. The Morgan fingerprint density at radius 1 is 0.792 bits per heavy atom. The second kappa shape index (κ2) is 16.4. The van der Waals surface area contributed by atoms with Crippen LogP contribution in [0.4, 0.5) is 15.8 Å². The van der Waals surface area contributed by atoms with Crippen molar-refractivity contribution in [1.82, 2.24) is 14.7 Å². The molecule has 6 aromatic rings. The molecule has 1 unspecified atom stereocenters. The molecule has 3 N–H and O–H groups in total. The van der Waals surface area contributed by atoms with Gasteiger partial charge in [-0.05, 0) is 79.2 Å². The van der Waals surface area contributed by atoms with Crippen LogP contribution in [-0.2, 0) is 16.6 Å². The molecule has 0 aliphatic rings. The third-order valence-electron chi connectivity index (χ3n) is 8.33. The van der Waals surface area contributed by atoms with Crippen LogP contribution in [0.1, 0.15) is 32.4 Å². The Morgan fingerprint density at radius 3 is 2.06 bits per heavy atom. The Balaban J connectivity index is 1.22. The van der Waals surface area contributed by atoms with E-state index in [2.05, 4.69) is 16.0 Å². The average molecular weight is 746 g/mol. The number of nitrogens with one attached hydrogen (secondary N) is 3. The summed E-state index contributed by atoms with van der Waals surface area (Å²) in [4.78, 5) is 54.7. The lowest BCUT2D eigenvalue weighted by atomic mass is 10.1. The topological polar surface area (TPSA) is 114 Å². The molecule has 53 heavy (non-hydrogen) atoms. The van der Waals surface area contributed by atoms with E-state index in [1.807, 2.05) is 60.7 Å². The van der Waals surface area contributed by atoms with Gasteiger partial charge in [0.05, 0.1) is 16.4 Å². The van der Waals surface area contributed by atoms with E-state index in [9.17, 15) is 23.6 Å². The molecule has 1 heterocycles. The van der Waals surface area contributed by atoms with E-state index < -0.39 is 22.9 Å². The van der Waals surface area contributed by atoms with Crippen LogP contribution in [0.3, 0.4) is 0 Å². The summed E-state index contributed by atoms with van der Waals surface area (Å²) in [7, 11) is 1.76. The summed E-state index contributed by atoms with van der Waals surface area (Å²) in [6.07, 6.45) is 1.18. The molecule has 12 heteroatoms. The number of rotatable bonds is 11. The summed E-state index contributed by atoms with van der Waals surface area (Å²) < 4.78 is 17.9. The van der Waals surface area contributed by atoms with Crippen molar-refractivity contribution in [1.29, 1.82) is 0 Å². The molecule has 0 bridgehead atoms. The van der Waals surface area contributed by atoms with Gasteiger partial charge in [-0.15, -0.1) is 11.8 Å². The molecule has 6 rings (SSSR count). The van der Waals surface area contributed by atoms with Gasteiger partial charge in [-0.1, -0.05) is 84.4 Å². The van der Waals surface area contributed by atoms with Crippen molar-refractivity contribution in [2.75, 3.05) is 10.6 Å². The lowest BCUT2D eigenvalue weighted by Gasteiger charge is -2.17. The van der Waals surface area contributed by atoms with E-state index in [-0.39, 0.29) is 33.4 Å². The highest BCUT2D eigenvalue weighted by molar-refractivity contribution is 8.00. The summed E-state index contributed by atoms with van der Waals surface area (Å²) in [6.45, 7) is 1.77. The lowest BCUT2D eigenvalue weighted by molar-refractivity contribution is -0.116. The quantitative estimate of drug-likeness (QED) is 0.0915. The zero-order valence-electron chi connectivity index (χ0n) is 28.5. The van der Waals surface area contributed by atoms with Crippen LogP contribution in [0.5, 0.6) is 0 Å². The van der Waals surface area contributed by atoms with Crippen LogP contribution in [0.15, 0.2) is 149 Å². The Kier molecular flexibility index (Phi) is 11.4. The number of nitrogens with zero attached hydrogens (tertiary/aromatic N) is 2. The zero-order chi connectivity index (χ0) is 37.5. The largest absolute Gasteiger partial charge is 0.321 e. The summed E-state index contributed by atoms with van der Waals surface area (Å²) in [6, 6.07) is 37.5. The van der Waals surface area contributed by atoms with Gasteiger partial charge in [-0.3, -0.25) is 23.9 Å². The fraction of sp³-hybridized carbons (Fsp3) is 0.0732. The molecule has 0 aliphatic carbocycles. The predicted octanol–water partition coefficient (Wildman–Crippen LogP) is 8.16. The van der Waals surface area contributed by atoms with Gasteiger partial charge in [0, 0.05) is 28.8 Å². The molecule has 3 amide bonds. The Morgan fingerprint density at radius 2 is 1.42 bits per heavy atom. The standard InChI is InChI=1S/C41H33ClFN5O4S/c1-26-36(41(52)48(47(26)2)30-17-10-5-11-18-30)46-40(51)37(27-13-6-3-7-14-27)53-31-23-21-29(22-24-31)44-39(50)35(25-32-33(42)19-12-20-34(32)43)45-38(49)28-15-8-4-9-16-28/h3-25,37H,1-2H3,(H,44,50)(H,45,49)(H,46,51)/b35-25-. The number of benzene rings is 5. The Labute approximate surface area is 314 Å². The van der Waals surface area contributed by atoms with Gasteiger partial charge in [0.1, 0.15) is 22.5 Å². The van der Waals surface area contributed by atoms with Crippen molar-refractivity contribution in [3.63, 3.8) is 0 Å². The minimum Gasteiger partial charge on any atom is -0.321 e. The molecule has 9 nitrogen and oxygen atoms in total. The number of anilines is 2. The molecular formula is C41H33ClFN5O4S. The maximum atomic E-state index is 14.7. The Hall–Kier alpha value is -6.17. The number of hydrogen-bond donors (Lipinski definition) is 3. The molecule has 5 aromatic carbocycles. The summed E-state index contributed by atoms with van der Waals surface area (Å²) in [5.74, 6) is -2.34. The first-order valence-corrected chi connectivity index (χ1v) is 17.7. The molecule has 0 aliphatic heterocycles. The number of hydrogen-bond acceptors (Lipinski definition) is 5. The minimum absolute atomic E-state index is 0.0608. The first-order chi connectivity index (χ1) is 25.6. The van der Waals surface area contributed by atoms with Gasteiger partial charge in [0.2, 0.25) is 5.91 Å². The van der Waals surface area contributed by atoms with Crippen LogP contribution in [0.25, 0.3) is 11.8 Å². The van der Waals surface area contributed by atoms with Gasteiger partial charge in [0.15, 0.2) is 0 Å². The Bertz CT molecular complexity index is 2340. The molecule has 0 fully saturated rings. The first-order valence-electron chi connectivity index (χ1n) is 16.4. The number of halogens is 2. The van der Waals surface area contributed by atoms with Gasteiger partial charge in [-0.25, -0.2) is 9.07 Å². The highest BCUT2D eigenvalue weighted by Gasteiger charge is 2.26. The fourth-order valence-electron chi connectivity index (χ4n) is 5.49. The molecule has 266 valence electrons. The van der Waals surface area contributed by atoms with E-state index in [0.717, 1.165) is 5.56 Å². The summed E-state index contributed by atoms with van der Waals surface area (Å²) in [5, 5.41) is 7.53. The zero-order valence-corrected chi connectivity index (χ0v) is 30.1. The predicted molar refractivity (Wildman–Crippen MR) is 208 cm³/mol. The number of carbonyl (C=O) groups is 3. The van der Waals surface area contributed by atoms with Crippen LogP contribution in [-0.4, -0.2) is 27.1 Å². The van der Waals surface area contributed by atoms with Gasteiger partial charge >= 0.3 is 0 Å². The van der Waals surface area contributed by atoms with Crippen LogP contribution in [0, 0.1) is 12.7 Å². The molecular weight excluding hydrogens is 713 g/mol. The third-order valence-corrected chi connectivity index (χ3v) is 9.92. The normalized spacial score (nSPS) is 11.8. The lowest BCUT2D eigenvalue weighted by Crippen LogP contribution is -2.30. The van der Waals surface area contributed by atoms with E-state index in [4.69, 9.17) is 11.6 Å². The van der Waals surface area contributed by atoms with E-state index >= 15 is 0 Å². The van der Waals surface area contributed by atoms with Gasteiger partial charge < -0.3 is 16.0 Å². The second-order valence-electron chi connectivity index (χ2n) is 11.8. The van der Waals surface area contributed by atoms with Gasteiger partial charge in [0.25, 0.3) is 17.4 Å². The monoisotopic (exact) mass is 745 g/mol. The molecule has 0 spiro atoms. The molecule has 0 saturated heterocycles. The number of amides is 3. The number of aromatic nitrogens is 2. The second-order valence-corrected chi connectivity index (χ2v) is 13.4. The number of carbonyl (C=O) groups excluding carboxylic acids is 3. The van der Waals surface area contributed by atoms with Crippen LogP contribution in [0.2, 0.25) is 5.02 Å². The first kappa shape index (κ1) is 36.6. The van der Waals surface area contributed by atoms with E-state index in [1.54, 1.807) is 73.3 Å². The molecule has 1 aromatic heterocycles. The van der Waals surface area contributed by atoms with Gasteiger partial charge in [-0.2, -0.15) is 0 Å². The van der Waals surface area contributed by atoms with Crippen molar-refractivity contribution >= 4 is 58.5 Å². The van der Waals surface area contributed by atoms with E-state index in [1.165, 1.54) is 40.7 Å². The summed E-state index contributed by atoms with van der Waals surface area (Å²) >= 11 is 7.50. The maximum absolute atomic E-state index is 14.7. The fourth-order valence-corrected chi connectivity index (χ4v) is 6.73. The number of thioether (sulfide) groups is 1. The van der Waals surface area contributed by atoms with Crippen molar-refractivity contribution < 1.29 is 18.8 Å². The maximum Gasteiger partial charge on any atom is 0.295 e. The summed E-state index contributed by atoms with van der Waals surface area (Å²) in [5.41, 5.74) is 2.20. The van der Waals surface area contributed by atoms with Crippen LogP contribution >= 0.6 is 23.4 Å². The molecule has 0 radical (unpaired) electrons.